The Morgan fingerprint density at radius 3 is 2.68 bits per heavy atom. The monoisotopic (exact) mass is 380 g/mol. The van der Waals surface area contributed by atoms with E-state index in [1.807, 2.05) is 19.1 Å². The van der Waals surface area contributed by atoms with Crippen LogP contribution < -0.4 is 15.5 Å². The normalized spacial score (nSPS) is 16.5. The average molecular weight is 380 g/mol. The molecule has 1 saturated heterocycles. The molecule has 2 heterocycles. The van der Waals surface area contributed by atoms with Crippen LogP contribution in [0, 0.1) is 12.8 Å². The smallest absolute Gasteiger partial charge is 0.259 e. The van der Waals surface area contributed by atoms with Crippen LogP contribution in [-0.4, -0.2) is 43.1 Å². The van der Waals surface area contributed by atoms with Crippen LogP contribution in [0.5, 0.6) is 0 Å². The summed E-state index contributed by atoms with van der Waals surface area (Å²) in [7, 11) is 0. The number of aromatic nitrogens is 1. The second-order valence-electron chi connectivity index (χ2n) is 7.22. The average Bonchev–Trinajstić information content (AvgIpc) is 3.56. The first-order chi connectivity index (χ1) is 13.6. The van der Waals surface area contributed by atoms with Gasteiger partial charge in [0.2, 0.25) is 5.91 Å². The highest BCUT2D eigenvalue weighted by molar-refractivity contribution is 6.08. The summed E-state index contributed by atoms with van der Waals surface area (Å²) in [4.78, 5) is 31.5. The van der Waals surface area contributed by atoms with Crippen molar-refractivity contribution in [3.63, 3.8) is 0 Å². The Bertz CT molecular complexity index is 889. The summed E-state index contributed by atoms with van der Waals surface area (Å²) in [5.74, 6) is 0.622. The third kappa shape index (κ3) is 4.14. The van der Waals surface area contributed by atoms with Gasteiger partial charge in [-0.1, -0.05) is 6.07 Å². The summed E-state index contributed by atoms with van der Waals surface area (Å²) >= 11 is 0. The lowest BCUT2D eigenvalue weighted by atomic mass is 10.1. The van der Waals surface area contributed by atoms with E-state index in [4.69, 9.17) is 4.74 Å². The maximum atomic E-state index is 13.0. The van der Waals surface area contributed by atoms with Crippen molar-refractivity contribution < 1.29 is 14.3 Å². The number of nitrogens with one attached hydrogen (secondary N) is 2. The molecule has 7 nitrogen and oxygen atoms in total. The lowest BCUT2D eigenvalue weighted by Crippen LogP contribution is -2.38. The standard InChI is InChI=1S/C21H24N4O3/c1-14-4-7-16(23-20(26)15-5-6-15)13-18(14)24-21(27)17-3-2-8-22-19(17)25-9-11-28-12-10-25/h2-4,7-8,13,15H,5-6,9-12H2,1H3,(H,23,26)(H,24,27). The minimum atomic E-state index is -0.219. The van der Waals surface area contributed by atoms with Crippen LogP contribution in [0.2, 0.25) is 0 Å². The Labute approximate surface area is 164 Å². The van der Waals surface area contributed by atoms with E-state index in [0.717, 1.165) is 18.4 Å². The second kappa shape index (κ2) is 7.98. The summed E-state index contributed by atoms with van der Waals surface area (Å²) < 4.78 is 5.39. The van der Waals surface area contributed by atoms with Crippen LogP contribution in [0.4, 0.5) is 17.2 Å². The molecule has 146 valence electrons. The zero-order chi connectivity index (χ0) is 19.5. The molecule has 0 spiro atoms. The summed E-state index contributed by atoms with van der Waals surface area (Å²) in [6, 6.07) is 9.09. The van der Waals surface area contributed by atoms with Gasteiger partial charge in [0, 0.05) is 36.6 Å². The zero-order valence-corrected chi connectivity index (χ0v) is 15.9. The minimum absolute atomic E-state index is 0.0444. The molecule has 1 aromatic heterocycles. The van der Waals surface area contributed by atoms with Crippen molar-refractivity contribution in [3.8, 4) is 0 Å². The fourth-order valence-electron chi connectivity index (χ4n) is 3.22. The highest BCUT2D eigenvalue weighted by Gasteiger charge is 2.29. The van der Waals surface area contributed by atoms with Gasteiger partial charge in [0.1, 0.15) is 5.82 Å². The molecule has 1 aromatic carbocycles. The number of carbonyl (C=O) groups is 2. The van der Waals surface area contributed by atoms with Gasteiger partial charge < -0.3 is 20.3 Å². The van der Waals surface area contributed by atoms with Gasteiger partial charge in [-0.05, 0) is 49.6 Å². The van der Waals surface area contributed by atoms with E-state index in [2.05, 4.69) is 20.5 Å². The number of rotatable bonds is 5. The first-order valence-electron chi connectivity index (χ1n) is 9.62. The quantitative estimate of drug-likeness (QED) is 0.833. The number of aryl methyl sites for hydroxylation is 1. The van der Waals surface area contributed by atoms with Gasteiger partial charge in [-0.3, -0.25) is 9.59 Å². The predicted octanol–water partition coefficient (Wildman–Crippen LogP) is 2.83. The zero-order valence-electron chi connectivity index (χ0n) is 15.9. The van der Waals surface area contributed by atoms with E-state index < -0.39 is 0 Å². The summed E-state index contributed by atoms with van der Waals surface area (Å²) in [6.45, 7) is 4.59. The van der Waals surface area contributed by atoms with Crippen molar-refractivity contribution in [1.82, 2.24) is 4.98 Å². The molecule has 4 rings (SSSR count). The van der Waals surface area contributed by atoms with Crippen molar-refractivity contribution in [2.45, 2.75) is 19.8 Å². The Kier molecular flexibility index (Phi) is 5.25. The number of hydrogen-bond acceptors (Lipinski definition) is 5. The fourth-order valence-corrected chi connectivity index (χ4v) is 3.22. The molecule has 1 aliphatic heterocycles. The van der Waals surface area contributed by atoms with E-state index in [-0.39, 0.29) is 17.7 Å². The Balaban J connectivity index is 1.53. The number of amides is 2. The van der Waals surface area contributed by atoms with Gasteiger partial charge in [0.15, 0.2) is 0 Å². The molecule has 2 aliphatic rings. The Morgan fingerprint density at radius 2 is 1.93 bits per heavy atom. The molecule has 1 saturated carbocycles. The Morgan fingerprint density at radius 1 is 1.14 bits per heavy atom. The molecule has 0 bridgehead atoms. The topological polar surface area (TPSA) is 83.6 Å². The lowest BCUT2D eigenvalue weighted by molar-refractivity contribution is -0.117. The molecule has 0 atom stereocenters. The van der Waals surface area contributed by atoms with Crippen molar-refractivity contribution in [2.24, 2.45) is 5.92 Å². The molecule has 2 N–H and O–H groups in total. The van der Waals surface area contributed by atoms with Crippen LogP contribution in [0.3, 0.4) is 0 Å². The van der Waals surface area contributed by atoms with E-state index >= 15 is 0 Å². The van der Waals surface area contributed by atoms with Crippen molar-refractivity contribution in [2.75, 3.05) is 41.8 Å². The molecule has 2 aromatic rings. The maximum Gasteiger partial charge on any atom is 0.259 e. The first-order valence-corrected chi connectivity index (χ1v) is 9.62. The molecular weight excluding hydrogens is 356 g/mol. The van der Waals surface area contributed by atoms with E-state index in [1.165, 1.54) is 0 Å². The number of anilines is 3. The van der Waals surface area contributed by atoms with Gasteiger partial charge in [0.25, 0.3) is 5.91 Å². The number of hydrogen-bond donors (Lipinski definition) is 2. The van der Waals surface area contributed by atoms with Gasteiger partial charge in [-0.25, -0.2) is 4.98 Å². The largest absolute Gasteiger partial charge is 0.378 e. The highest BCUT2D eigenvalue weighted by atomic mass is 16.5. The number of carbonyl (C=O) groups excluding carboxylic acids is 2. The van der Waals surface area contributed by atoms with Crippen LogP contribution >= 0.6 is 0 Å². The van der Waals surface area contributed by atoms with Gasteiger partial charge >= 0.3 is 0 Å². The van der Waals surface area contributed by atoms with Crippen LogP contribution in [-0.2, 0) is 9.53 Å². The van der Waals surface area contributed by atoms with Crippen molar-refractivity contribution >= 4 is 29.0 Å². The summed E-state index contributed by atoms with van der Waals surface area (Å²) in [5.41, 5.74) is 2.82. The number of pyridine rings is 1. The lowest BCUT2D eigenvalue weighted by Gasteiger charge is -2.29. The molecule has 28 heavy (non-hydrogen) atoms. The highest BCUT2D eigenvalue weighted by Crippen LogP contribution is 2.31. The Hall–Kier alpha value is -2.93. The molecule has 0 radical (unpaired) electrons. The van der Waals surface area contributed by atoms with Gasteiger partial charge in [-0.15, -0.1) is 0 Å². The summed E-state index contributed by atoms with van der Waals surface area (Å²) in [5, 5.41) is 5.90. The molecule has 2 amide bonds. The molecule has 1 aliphatic carbocycles. The third-order valence-electron chi connectivity index (χ3n) is 5.04. The van der Waals surface area contributed by atoms with Crippen LogP contribution in [0.25, 0.3) is 0 Å². The van der Waals surface area contributed by atoms with Gasteiger partial charge in [-0.2, -0.15) is 0 Å². The van der Waals surface area contributed by atoms with E-state index in [1.54, 1.807) is 24.4 Å². The molecule has 2 fully saturated rings. The SMILES string of the molecule is Cc1ccc(NC(=O)C2CC2)cc1NC(=O)c1cccnc1N1CCOCC1. The van der Waals surface area contributed by atoms with Crippen LogP contribution in [0.15, 0.2) is 36.5 Å². The van der Waals surface area contributed by atoms with Crippen molar-refractivity contribution in [1.29, 1.82) is 0 Å². The minimum Gasteiger partial charge on any atom is -0.378 e. The summed E-state index contributed by atoms with van der Waals surface area (Å²) in [6.07, 6.45) is 3.60. The van der Waals surface area contributed by atoms with E-state index in [9.17, 15) is 9.59 Å². The second-order valence-corrected chi connectivity index (χ2v) is 7.22. The molecule has 7 heteroatoms. The number of ether oxygens (including phenoxy) is 1. The predicted molar refractivity (Wildman–Crippen MR) is 108 cm³/mol. The number of nitrogens with zero attached hydrogens (tertiary/aromatic N) is 2. The van der Waals surface area contributed by atoms with Crippen LogP contribution in [0.1, 0.15) is 28.8 Å². The van der Waals surface area contributed by atoms with E-state index in [0.29, 0.717) is 49.1 Å². The molecular formula is C21H24N4O3. The van der Waals surface area contributed by atoms with Crippen molar-refractivity contribution in [3.05, 3.63) is 47.7 Å². The number of morpholine rings is 1. The van der Waals surface area contributed by atoms with Gasteiger partial charge in [0.05, 0.1) is 18.8 Å². The maximum absolute atomic E-state index is 13.0. The third-order valence-corrected chi connectivity index (χ3v) is 5.04. The number of benzene rings is 1. The molecule has 0 unspecified atom stereocenters. The fraction of sp³-hybridized carbons (Fsp3) is 0.381. The first kappa shape index (κ1) is 18.4.